The second-order valence-corrected chi connectivity index (χ2v) is 5.36. The third-order valence-corrected chi connectivity index (χ3v) is 4.39. The van der Waals surface area contributed by atoms with Gasteiger partial charge in [-0.1, -0.05) is 6.92 Å². The number of carbonyl (C=O) groups excluding carboxylic acids is 2. The van der Waals surface area contributed by atoms with E-state index in [1.165, 1.54) is 6.08 Å². The van der Waals surface area contributed by atoms with Gasteiger partial charge in [0, 0.05) is 12.5 Å². The van der Waals surface area contributed by atoms with E-state index >= 15 is 0 Å². The van der Waals surface area contributed by atoms with Gasteiger partial charge in [0.25, 0.3) is 0 Å². The highest BCUT2D eigenvalue weighted by Crippen LogP contribution is 2.44. The maximum Gasteiger partial charge on any atom is 0.234 e. The summed E-state index contributed by atoms with van der Waals surface area (Å²) >= 11 is 0. The lowest BCUT2D eigenvalue weighted by molar-refractivity contribution is -0.129. The molecule has 2 rings (SSSR count). The monoisotopic (exact) mass is 236 g/mol. The summed E-state index contributed by atoms with van der Waals surface area (Å²) < 4.78 is 0. The molecule has 0 bridgehead atoms. The fraction of sp³-hybridized carbons (Fsp3) is 0.545. The molecular weight excluding hydrogens is 223 g/mol. The number of nitrogens with one attached hydrogen (secondary N) is 1. The van der Waals surface area contributed by atoms with Gasteiger partial charge >= 0.3 is 0 Å². The van der Waals surface area contributed by atoms with Crippen LogP contribution in [0.25, 0.3) is 0 Å². The van der Waals surface area contributed by atoms with Crippen LogP contribution >= 0.6 is 9.24 Å². The van der Waals surface area contributed by atoms with Crippen molar-refractivity contribution in [2.75, 3.05) is 6.54 Å². The van der Waals surface area contributed by atoms with Crippen molar-refractivity contribution >= 4 is 20.9 Å². The largest absolute Gasteiger partial charge is 0.355 e. The first-order valence-electron chi connectivity index (χ1n) is 5.25. The smallest absolute Gasteiger partial charge is 0.234 e. The second kappa shape index (κ2) is 3.68. The minimum Gasteiger partial charge on any atom is -0.355 e. The molecule has 0 aromatic carbocycles. The van der Waals surface area contributed by atoms with Crippen LogP contribution in [0.5, 0.6) is 0 Å². The number of ketones is 1. The Morgan fingerprint density at radius 2 is 2.31 bits per heavy atom. The molecule has 0 aromatic rings. The van der Waals surface area contributed by atoms with E-state index in [0.29, 0.717) is 6.54 Å². The average Bonchev–Trinajstić information content (AvgIpc) is 2.27. The van der Waals surface area contributed by atoms with Gasteiger partial charge in [-0.15, -0.1) is 9.24 Å². The van der Waals surface area contributed by atoms with E-state index in [1.807, 2.05) is 6.07 Å². The summed E-state index contributed by atoms with van der Waals surface area (Å²) in [6, 6.07) is 1.88. The highest BCUT2D eigenvalue weighted by atomic mass is 31.0. The molecule has 0 saturated carbocycles. The molecule has 1 saturated heterocycles. The van der Waals surface area contributed by atoms with Crippen molar-refractivity contribution < 1.29 is 9.59 Å². The third kappa shape index (κ3) is 1.39. The van der Waals surface area contributed by atoms with Gasteiger partial charge in [-0.2, -0.15) is 5.26 Å². The molecule has 1 N–H and O–H groups in total. The van der Waals surface area contributed by atoms with Crippen molar-refractivity contribution in [1.82, 2.24) is 5.32 Å². The SMILES string of the molecule is C[C@H]1C(=O)C(C#N)=C[C@@]2(P)C(=O)NCCC12. The number of Topliss-reactive ketones (excluding diaryl/α,β-unsaturated/α-hetero) is 1. The summed E-state index contributed by atoms with van der Waals surface area (Å²) in [5.74, 6) is -0.528. The van der Waals surface area contributed by atoms with Gasteiger partial charge in [-0.25, -0.2) is 0 Å². The molecule has 0 radical (unpaired) electrons. The van der Waals surface area contributed by atoms with Gasteiger partial charge in [0.15, 0.2) is 5.78 Å². The summed E-state index contributed by atoms with van der Waals surface area (Å²) in [5, 5.41) is 10.9. The summed E-state index contributed by atoms with van der Waals surface area (Å²) in [6.45, 7) is 2.40. The second-order valence-electron chi connectivity index (χ2n) is 4.41. The Kier molecular flexibility index (Phi) is 2.59. The van der Waals surface area contributed by atoms with Crippen molar-refractivity contribution in [2.45, 2.75) is 18.5 Å². The summed E-state index contributed by atoms with van der Waals surface area (Å²) in [6.07, 6.45) is 2.29. The Hall–Kier alpha value is -1.20. The molecule has 2 aliphatic rings. The van der Waals surface area contributed by atoms with Crippen LogP contribution in [0.2, 0.25) is 0 Å². The standard InChI is InChI=1S/C11H13N2O2P/c1-6-8-2-3-13-10(15)11(8,16)4-7(5-12)9(6)14/h4,6,8H,2-3,16H2,1H3,(H,13,15)/t6-,8?,11+/m1/s1. The van der Waals surface area contributed by atoms with Crippen molar-refractivity contribution in [1.29, 1.82) is 5.26 Å². The number of fused-ring (bicyclic) bond motifs is 1. The zero-order valence-corrected chi connectivity index (χ0v) is 10.1. The predicted molar refractivity (Wildman–Crippen MR) is 61.4 cm³/mol. The first kappa shape index (κ1) is 11.3. The van der Waals surface area contributed by atoms with E-state index in [4.69, 9.17) is 5.26 Å². The highest BCUT2D eigenvalue weighted by molar-refractivity contribution is 7.21. The Balaban J connectivity index is 2.53. The Bertz CT molecular complexity index is 438. The normalized spacial score (nSPS) is 38.2. The van der Waals surface area contributed by atoms with Crippen molar-refractivity contribution in [2.24, 2.45) is 11.8 Å². The van der Waals surface area contributed by atoms with E-state index in [2.05, 4.69) is 14.6 Å². The molecule has 1 aliphatic heterocycles. The van der Waals surface area contributed by atoms with Crippen LogP contribution in [0, 0.1) is 23.2 Å². The lowest BCUT2D eigenvalue weighted by atomic mass is 9.69. The van der Waals surface area contributed by atoms with Crippen LogP contribution in [0.3, 0.4) is 0 Å². The van der Waals surface area contributed by atoms with Crippen LogP contribution in [0.15, 0.2) is 11.6 Å². The van der Waals surface area contributed by atoms with Crippen molar-refractivity contribution in [3.05, 3.63) is 11.6 Å². The molecule has 84 valence electrons. The number of amides is 1. The maximum atomic E-state index is 11.9. The number of carbonyl (C=O) groups is 2. The van der Waals surface area contributed by atoms with E-state index in [9.17, 15) is 9.59 Å². The van der Waals surface area contributed by atoms with Gasteiger partial charge in [-0.05, 0) is 18.4 Å². The number of hydrogen-bond donors (Lipinski definition) is 1. The van der Waals surface area contributed by atoms with Crippen molar-refractivity contribution in [3.63, 3.8) is 0 Å². The summed E-state index contributed by atoms with van der Waals surface area (Å²) in [7, 11) is 2.52. The van der Waals surface area contributed by atoms with E-state index in [1.54, 1.807) is 6.92 Å². The van der Waals surface area contributed by atoms with Gasteiger partial charge in [-0.3, -0.25) is 9.59 Å². The average molecular weight is 236 g/mol. The van der Waals surface area contributed by atoms with Crippen LogP contribution in [0.4, 0.5) is 0 Å². The summed E-state index contributed by atoms with van der Waals surface area (Å²) in [5.41, 5.74) is 0.107. The lowest BCUT2D eigenvalue weighted by Gasteiger charge is -2.43. The van der Waals surface area contributed by atoms with Crippen LogP contribution < -0.4 is 5.32 Å². The molecule has 0 spiro atoms. The predicted octanol–water partition coefficient (Wildman–Crippen LogP) is 0.405. The highest BCUT2D eigenvalue weighted by Gasteiger charge is 2.50. The topological polar surface area (TPSA) is 70.0 Å². The molecule has 1 aliphatic carbocycles. The number of rotatable bonds is 0. The number of piperidine rings is 1. The maximum absolute atomic E-state index is 11.9. The molecule has 1 amide bonds. The van der Waals surface area contributed by atoms with Crippen molar-refractivity contribution in [3.8, 4) is 6.07 Å². The molecule has 0 aromatic heterocycles. The van der Waals surface area contributed by atoms with Gasteiger partial charge < -0.3 is 5.32 Å². The summed E-state index contributed by atoms with van der Waals surface area (Å²) in [4.78, 5) is 23.7. The number of nitrogens with zero attached hydrogens (tertiary/aromatic N) is 1. The number of allylic oxidation sites excluding steroid dienone is 1. The molecule has 16 heavy (non-hydrogen) atoms. The van der Waals surface area contributed by atoms with Crippen LogP contribution in [0.1, 0.15) is 13.3 Å². The first-order valence-corrected chi connectivity index (χ1v) is 5.83. The number of nitriles is 1. The molecule has 1 fully saturated rings. The van der Waals surface area contributed by atoms with E-state index < -0.39 is 5.16 Å². The Morgan fingerprint density at radius 3 is 2.94 bits per heavy atom. The first-order chi connectivity index (χ1) is 7.50. The van der Waals surface area contributed by atoms with Gasteiger partial charge in [0.2, 0.25) is 5.91 Å². The minimum atomic E-state index is -0.781. The number of hydrogen-bond acceptors (Lipinski definition) is 3. The Morgan fingerprint density at radius 1 is 1.62 bits per heavy atom. The van der Waals surface area contributed by atoms with E-state index in [0.717, 1.165) is 6.42 Å². The molecule has 1 heterocycles. The van der Waals surface area contributed by atoms with E-state index in [-0.39, 0.29) is 29.1 Å². The fourth-order valence-electron chi connectivity index (χ4n) is 2.56. The zero-order chi connectivity index (χ0) is 11.9. The third-order valence-electron chi connectivity index (χ3n) is 3.53. The van der Waals surface area contributed by atoms with Crippen LogP contribution in [-0.4, -0.2) is 23.4 Å². The Labute approximate surface area is 96.3 Å². The molecule has 2 unspecified atom stereocenters. The molecule has 5 heteroatoms. The molecule has 4 nitrogen and oxygen atoms in total. The minimum absolute atomic E-state index is 0.0177. The lowest BCUT2D eigenvalue weighted by Crippen LogP contribution is -2.56. The fourth-order valence-corrected chi connectivity index (χ4v) is 3.29. The van der Waals surface area contributed by atoms with Crippen LogP contribution in [-0.2, 0) is 9.59 Å². The molecular formula is C11H13N2O2P. The van der Waals surface area contributed by atoms with Gasteiger partial charge in [0.1, 0.15) is 6.07 Å². The molecule has 4 atom stereocenters. The zero-order valence-electron chi connectivity index (χ0n) is 8.99. The quantitative estimate of drug-likeness (QED) is 0.619. The van der Waals surface area contributed by atoms with Gasteiger partial charge in [0.05, 0.1) is 10.7 Å².